The molecule has 27 heavy (non-hydrogen) atoms. The quantitative estimate of drug-likeness (QED) is 0.752. The van der Waals surface area contributed by atoms with Gasteiger partial charge in [-0.05, 0) is 49.2 Å². The summed E-state index contributed by atoms with van der Waals surface area (Å²) in [5.41, 5.74) is 1.39. The minimum absolute atomic E-state index is 0.0137. The van der Waals surface area contributed by atoms with Gasteiger partial charge in [-0.3, -0.25) is 14.5 Å². The zero-order chi connectivity index (χ0) is 18.9. The molecule has 1 saturated heterocycles. The number of carbonyl (C=O) groups excluding carboxylic acids is 1. The van der Waals surface area contributed by atoms with Crippen molar-refractivity contribution in [3.8, 4) is 0 Å². The van der Waals surface area contributed by atoms with Crippen LogP contribution in [0.5, 0.6) is 0 Å². The molecule has 0 radical (unpaired) electrons. The monoisotopic (exact) mass is 381 g/mol. The van der Waals surface area contributed by atoms with Crippen molar-refractivity contribution in [2.75, 3.05) is 17.8 Å². The zero-order valence-corrected chi connectivity index (χ0v) is 15.4. The van der Waals surface area contributed by atoms with Crippen LogP contribution in [0.4, 0.5) is 5.69 Å². The number of benzene rings is 2. The minimum Gasteiger partial charge on any atom is -0.339 e. The summed E-state index contributed by atoms with van der Waals surface area (Å²) in [5.74, 6) is -0.0137. The number of hydrogen-bond donors (Lipinski definition) is 1. The highest BCUT2D eigenvalue weighted by atomic mass is 32.2. The first-order valence-corrected chi connectivity index (χ1v) is 10.3. The lowest BCUT2D eigenvalue weighted by Gasteiger charge is -2.15. The van der Waals surface area contributed by atoms with Crippen molar-refractivity contribution in [2.45, 2.75) is 17.7 Å². The third-order valence-corrected chi connectivity index (χ3v) is 6.08. The van der Waals surface area contributed by atoms with Crippen LogP contribution in [0.25, 0.3) is 10.9 Å². The molecule has 6 nitrogen and oxygen atoms in total. The number of aromatic nitrogens is 1. The van der Waals surface area contributed by atoms with Crippen molar-refractivity contribution in [1.29, 1.82) is 0 Å². The van der Waals surface area contributed by atoms with Gasteiger partial charge in [0.1, 0.15) is 4.90 Å². The Morgan fingerprint density at radius 1 is 0.963 bits per heavy atom. The number of amides is 1. The highest BCUT2D eigenvalue weighted by Gasteiger charge is 2.21. The first-order valence-electron chi connectivity index (χ1n) is 8.80. The maximum atomic E-state index is 12.8. The summed E-state index contributed by atoms with van der Waals surface area (Å²) in [5, 5.41) is 0.756. The van der Waals surface area contributed by atoms with Crippen molar-refractivity contribution >= 4 is 32.5 Å². The molecule has 1 aromatic heterocycles. The van der Waals surface area contributed by atoms with Crippen molar-refractivity contribution < 1.29 is 13.2 Å². The molecule has 3 aromatic rings. The van der Waals surface area contributed by atoms with Gasteiger partial charge in [0.2, 0.25) is 0 Å². The molecule has 0 bridgehead atoms. The molecule has 1 amide bonds. The summed E-state index contributed by atoms with van der Waals surface area (Å²) in [6.45, 7) is 1.56. The molecule has 7 heteroatoms. The predicted octanol–water partition coefficient (Wildman–Crippen LogP) is 3.27. The molecule has 1 N–H and O–H groups in total. The number of fused-ring (bicyclic) bond motifs is 1. The average molecular weight is 381 g/mol. The van der Waals surface area contributed by atoms with Crippen LogP contribution in [0.3, 0.4) is 0 Å². The third kappa shape index (κ3) is 3.50. The van der Waals surface area contributed by atoms with E-state index in [2.05, 4.69) is 9.71 Å². The number of nitrogens with one attached hydrogen (secondary N) is 1. The number of likely N-dealkylation sites (tertiary alicyclic amines) is 1. The maximum absolute atomic E-state index is 12.8. The van der Waals surface area contributed by atoms with Crippen molar-refractivity contribution in [2.24, 2.45) is 0 Å². The van der Waals surface area contributed by atoms with Crippen LogP contribution >= 0.6 is 0 Å². The molecule has 0 aliphatic carbocycles. The lowest BCUT2D eigenvalue weighted by atomic mass is 10.2. The van der Waals surface area contributed by atoms with Gasteiger partial charge >= 0.3 is 0 Å². The summed E-state index contributed by atoms with van der Waals surface area (Å²) in [6.07, 6.45) is 3.63. The first-order chi connectivity index (χ1) is 13.0. The van der Waals surface area contributed by atoms with E-state index in [1.54, 1.807) is 42.6 Å². The Kier molecular flexibility index (Phi) is 4.53. The molecule has 1 aliphatic rings. The van der Waals surface area contributed by atoms with E-state index in [1.807, 2.05) is 17.0 Å². The molecular formula is C20H19N3O3S. The number of pyridine rings is 1. The van der Waals surface area contributed by atoms with E-state index in [-0.39, 0.29) is 10.8 Å². The van der Waals surface area contributed by atoms with Crippen molar-refractivity contribution in [3.05, 3.63) is 66.4 Å². The van der Waals surface area contributed by atoms with Gasteiger partial charge in [-0.2, -0.15) is 0 Å². The van der Waals surface area contributed by atoms with Crippen LogP contribution in [0, 0.1) is 0 Å². The van der Waals surface area contributed by atoms with Gasteiger partial charge in [0.15, 0.2) is 0 Å². The maximum Gasteiger partial charge on any atom is 0.264 e. The predicted molar refractivity (Wildman–Crippen MR) is 104 cm³/mol. The van der Waals surface area contributed by atoms with E-state index >= 15 is 0 Å². The largest absolute Gasteiger partial charge is 0.339 e. The topological polar surface area (TPSA) is 79.4 Å². The second kappa shape index (κ2) is 7.00. The lowest BCUT2D eigenvalue weighted by molar-refractivity contribution is 0.0793. The Morgan fingerprint density at radius 2 is 1.67 bits per heavy atom. The van der Waals surface area contributed by atoms with Gasteiger partial charge in [-0.1, -0.05) is 18.2 Å². The van der Waals surface area contributed by atoms with Gasteiger partial charge in [0, 0.05) is 35.9 Å². The fourth-order valence-electron chi connectivity index (χ4n) is 3.29. The highest BCUT2D eigenvalue weighted by molar-refractivity contribution is 7.93. The number of carbonyl (C=O) groups is 1. The molecule has 2 aromatic carbocycles. The van der Waals surface area contributed by atoms with E-state index < -0.39 is 10.0 Å². The molecule has 0 spiro atoms. The van der Waals surface area contributed by atoms with Gasteiger partial charge < -0.3 is 4.90 Å². The highest BCUT2D eigenvalue weighted by Crippen LogP contribution is 2.23. The molecule has 0 saturated carbocycles. The number of nitrogens with zero attached hydrogens (tertiary/aromatic N) is 2. The average Bonchev–Trinajstić information content (AvgIpc) is 3.22. The van der Waals surface area contributed by atoms with E-state index in [0.717, 1.165) is 31.3 Å². The van der Waals surface area contributed by atoms with Gasteiger partial charge in [0.05, 0.1) is 5.52 Å². The Labute approximate surface area is 157 Å². The van der Waals surface area contributed by atoms with Crippen LogP contribution in [0.1, 0.15) is 23.2 Å². The van der Waals surface area contributed by atoms with Crippen molar-refractivity contribution in [3.63, 3.8) is 0 Å². The second-order valence-electron chi connectivity index (χ2n) is 6.51. The van der Waals surface area contributed by atoms with Crippen LogP contribution in [-0.2, 0) is 10.0 Å². The lowest BCUT2D eigenvalue weighted by Crippen LogP contribution is -2.27. The molecule has 4 rings (SSSR count). The Morgan fingerprint density at radius 3 is 2.41 bits per heavy atom. The number of para-hydroxylation sites is 1. The van der Waals surface area contributed by atoms with Crippen LogP contribution in [0.15, 0.2) is 65.7 Å². The number of rotatable bonds is 4. The molecule has 0 atom stereocenters. The SMILES string of the molecule is O=C(c1ccc(NS(=O)(=O)c2cccc3cccnc23)cc1)N1CCCC1. The fourth-order valence-corrected chi connectivity index (χ4v) is 4.53. The van der Waals surface area contributed by atoms with Gasteiger partial charge in [-0.15, -0.1) is 0 Å². The number of hydrogen-bond acceptors (Lipinski definition) is 4. The minimum atomic E-state index is -3.80. The summed E-state index contributed by atoms with van der Waals surface area (Å²) in [4.78, 5) is 18.5. The molecule has 138 valence electrons. The normalized spacial score (nSPS) is 14.4. The van der Waals surface area contributed by atoms with Gasteiger partial charge in [-0.25, -0.2) is 8.42 Å². The van der Waals surface area contributed by atoms with Gasteiger partial charge in [0.25, 0.3) is 15.9 Å². The summed E-state index contributed by atoms with van der Waals surface area (Å²) in [7, 11) is -3.80. The molecule has 0 unspecified atom stereocenters. The Balaban J connectivity index is 1.58. The molecule has 1 fully saturated rings. The van der Waals surface area contributed by atoms with E-state index in [9.17, 15) is 13.2 Å². The van der Waals surface area contributed by atoms with E-state index in [1.165, 1.54) is 6.07 Å². The van der Waals surface area contributed by atoms with Crippen LogP contribution in [-0.4, -0.2) is 37.3 Å². The van der Waals surface area contributed by atoms with E-state index in [0.29, 0.717) is 16.8 Å². The van der Waals surface area contributed by atoms with Crippen LogP contribution in [0.2, 0.25) is 0 Å². The standard InChI is InChI=1S/C20H19N3O3S/c24-20(23-13-1-2-14-23)16-8-10-17(11-9-16)22-27(25,26)18-7-3-5-15-6-4-12-21-19(15)18/h3-12,22H,1-2,13-14H2. The first kappa shape index (κ1) is 17.5. The Bertz CT molecular complexity index is 1080. The smallest absolute Gasteiger partial charge is 0.264 e. The second-order valence-corrected chi connectivity index (χ2v) is 8.16. The van der Waals surface area contributed by atoms with Crippen LogP contribution < -0.4 is 4.72 Å². The summed E-state index contributed by atoms with van der Waals surface area (Å²) >= 11 is 0. The molecule has 1 aliphatic heterocycles. The number of sulfonamides is 1. The molecule has 2 heterocycles. The Hall–Kier alpha value is -2.93. The fraction of sp³-hybridized carbons (Fsp3) is 0.200. The summed E-state index contributed by atoms with van der Waals surface area (Å²) < 4.78 is 28.2. The van der Waals surface area contributed by atoms with E-state index in [4.69, 9.17) is 0 Å². The number of anilines is 1. The third-order valence-electron chi connectivity index (χ3n) is 4.66. The summed E-state index contributed by atoms with van der Waals surface area (Å²) in [6, 6.07) is 15.2. The zero-order valence-electron chi connectivity index (χ0n) is 14.6. The van der Waals surface area contributed by atoms with Crippen molar-refractivity contribution in [1.82, 2.24) is 9.88 Å². The molecular weight excluding hydrogens is 362 g/mol.